The fourth-order valence-electron chi connectivity index (χ4n) is 2.46. The second kappa shape index (κ2) is 7.91. The van der Waals surface area contributed by atoms with E-state index in [9.17, 15) is 0 Å². The zero-order chi connectivity index (χ0) is 14.4. The van der Waals surface area contributed by atoms with Gasteiger partial charge in [-0.1, -0.05) is 45.2 Å². The van der Waals surface area contributed by atoms with E-state index >= 15 is 0 Å². The van der Waals surface area contributed by atoms with Crippen molar-refractivity contribution in [1.82, 2.24) is 15.1 Å². The molecule has 1 aromatic rings. The van der Waals surface area contributed by atoms with E-state index in [-0.39, 0.29) is 0 Å². The molecular formula is C15H28ClN3. The number of aromatic nitrogens is 2. The maximum absolute atomic E-state index is 6.40. The summed E-state index contributed by atoms with van der Waals surface area (Å²) < 4.78 is 2.04. The molecule has 0 aliphatic carbocycles. The zero-order valence-corrected chi connectivity index (χ0v) is 13.7. The third kappa shape index (κ3) is 4.81. The molecule has 1 heterocycles. The van der Waals surface area contributed by atoms with Crippen LogP contribution in [0.15, 0.2) is 0 Å². The molecule has 1 N–H and O–H groups in total. The predicted octanol–water partition coefficient (Wildman–Crippen LogP) is 3.96. The Labute approximate surface area is 122 Å². The van der Waals surface area contributed by atoms with Crippen LogP contribution in [0.3, 0.4) is 0 Å². The molecule has 1 rings (SSSR count). The molecule has 0 amide bonds. The lowest BCUT2D eigenvalue weighted by Crippen LogP contribution is -2.37. The molecule has 0 spiro atoms. The maximum Gasteiger partial charge on any atom is 0.0847 e. The standard InChI is InChI=1S/C15H28ClN3/c1-6-8-9-13(17-11(3)4)10-14-15(16)12(5)18-19(14)7-2/h11,13,17H,6-10H2,1-5H3. The minimum atomic E-state index is 0.485. The zero-order valence-electron chi connectivity index (χ0n) is 13.0. The van der Waals surface area contributed by atoms with Gasteiger partial charge in [0.2, 0.25) is 0 Å². The average Bonchev–Trinajstić information content (AvgIpc) is 2.63. The minimum Gasteiger partial charge on any atom is -0.311 e. The number of rotatable bonds is 8. The Hall–Kier alpha value is -0.540. The van der Waals surface area contributed by atoms with Gasteiger partial charge in [0.25, 0.3) is 0 Å². The van der Waals surface area contributed by atoms with E-state index in [4.69, 9.17) is 11.6 Å². The number of hydrogen-bond acceptors (Lipinski definition) is 2. The number of nitrogens with zero attached hydrogens (tertiary/aromatic N) is 2. The van der Waals surface area contributed by atoms with Crippen molar-refractivity contribution in [2.75, 3.05) is 0 Å². The lowest BCUT2D eigenvalue weighted by molar-refractivity contribution is 0.414. The van der Waals surface area contributed by atoms with Gasteiger partial charge in [-0.05, 0) is 20.3 Å². The molecule has 19 heavy (non-hydrogen) atoms. The molecule has 3 nitrogen and oxygen atoms in total. The fraction of sp³-hybridized carbons (Fsp3) is 0.800. The summed E-state index contributed by atoms with van der Waals surface area (Å²) in [5.41, 5.74) is 2.12. The lowest BCUT2D eigenvalue weighted by Gasteiger charge is -2.21. The SMILES string of the molecule is CCCCC(Cc1c(Cl)c(C)nn1CC)NC(C)C. The van der Waals surface area contributed by atoms with E-state index in [1.165, 1.54) is 25.0 Å². The van der Waals surface area contributed by atoms with Gasteiger partial charge in [0, 0.05) is 25.0 Å². The van der Waals surface area contributed by atoms with Crippen molar-refractivity contribution in [3.05, 3.63) is 16.4 Å². The molecule has 0 radical (unpaired) electrons. The second-order valence-electron chi connectivity index (χ2n) is 5.53. The molecule has 0 bridgehead atoms. The third-order valence-electron chi connectivity index (χ3n) is 3.37. The Morgan fingerprint density at radius 2 is 2.00 bits per heavy atom. The largest absolute Gasteiger partial charge is 0.311 e. The molecular weight excluding hydrogens is 258 g/mol. The highest BCUT2D eigenvalue weighted by Crippen LogP contribution is 2.22. The van der Waals surface area contributed by atoms with E-state index in [0.717, 1.165) is 23.7 Å². The molecule has 0 fully saturated rings. The van der Waals surface area contributed by atoms with Crippen molar-refractivity contribution >= 4 is 11.6 Å². The van der Waals surface area contributed by atoms with Crippen molar-refractivity contribution in [2.45, 2.75) is 78.9 Å². The summed E-state index contributed by atoms with van der Waals surface area (Å²) in [6, 6.07) is 0.985. The predicted molar refractivity (Wildman–Crippen MR) is 82.9 cm³/mol. The van der Waals surface area contributed by atoms with E-state index in [1.54, 1.807) is 0 Å². The smallest absolute Gasteiger partial charge is 0.0847 e. The third-order valence-corrected chi connectivity index (χ3v) is 3.86. The van der Waals surface area contributed by atoms with Crippen LogP contribution in [0.2, 0.25) is 5.02 Å². The topological polar surface area (TPSA) is 29.9 Å². The Morgan fingerprint density at radius 1 is 1.32 bits per heavy atom. The van der Waals surface area contributed by atoms with Crippen LogP contribution in [0, 0.1) is 6.92 Å². The Bertz CT molecular complexity index is 385. The Morgan fingerprint density at radius 3 is 2.53 bits per heavy atom. The van der Waals surface area contributed by atoms with Crippen molar-refractivity contribution in [3.63, 3.8) is 0 Å². The fourth-order valence-corrected chi connectivity index (χ4v) is 2.68. The minimum absolute atomic E-state index is 0.485. The van der Waals surface area contributed by atoms with Crippen molar-refractivity contribution in [2.24, 2.45) is 0 Å². The van der Waals surface area contributed by atoms with E-state index in [2.05, 4.69) is 38.1 Å². The van der Waals surface area contributed by atoms with Gasteiger partial charge in [-0.3, -0.25) is 4.68 Å². The molecule has 0 saturated heterocycles. The van der Waals surface area contributed by atoms with Crippen molar-refractivity contribution < 1.29 is 0 Å². The highest BCUT2D eigenvalue weighted by molar-refractivity contribution is 6.31. The number of aryl methyl sites for hydroxylation is 2. The first-order chi connectivity index (χ1) is 8.99. The molecule has 0 aliphatic heterocycles. The summed E-state index contributed by atoms with van der Waals surface area (Å²) in [7, 11) is 0. The summed E-state index contributed by atoms with van der Waals surface area (Å²) in [6.45, 7) is 11.6. The second-order valence-corrected chi connectivity index (χ2v) is 5.90. The van der Waals surface area contributed by atoms with Crippen LogP contribution in [-0.2, 0) is 13.0 Å². The van der Waals surface area contributed by atoms with Crippen LogP contribution in [0.5, 0.6) is 0 Å². The average molecular weight is 286 g/mol. The molecule has 0 aliphatic rings. The normalized spacial score (nSPS) is 13.2. The molecule has 0 aromatic carbocycles. The first kappa shape index (κ1) is 16.5. The first-order valence-electron chi connectivity index (χ1n) is 7.47. The lowest BCUT2D eigenvalue weighted by atomic mass is 10.0. The molecule has 4 heteroatoms. The van der Waals surface area contributed by atoms with Gasteiger partial charge in [0.15, 0.2) is 0 Å². The highest BCUT2D eigenvalue weighted by atomic mass is 35.5. The van der Waals surface area contributed by atoms with Gasteiger partial charge < -0.3 is 5.32 Å². The molecule has 1 aromatic heterocycles. The van der Waals surface area contributed by atoms with Gasteiger partial charge in [-0.15, -0.1) is 0 Å². The first-order valence-corrected chi connectivity index (χ1v) is 7.85. The number of halogens is 1. The molecule has 0 saturated carbocycles. The summed E-state index contributed by atoms with van der Waals surface area (Å²) in [5.74, 6) is 0. The van der Waals surface area contributed by atoms with Gasteiger partial charge in [0.05, 0.1) is 16.4 Å². The van der Waals surface area contributed by atoms with Gasteiger partial charge in [-0.2, -0.15) is 5.10 Å². The van der Waals surface area contributed by atoms with Crippen molar-refractivity contribution in [3.8, 4) is 0 Å². The van der Waals surface area contributed by atoms with E-state index in [0.29, 0.717) is 12.1 Å². The van der Waals surface area contributed by atoms with Crippen LogP contribution < -0.4 is 5.32 Å². The van der Waals surface area contributed by atoms with E-state index < -0.39 is 0 Å². The van der Waals surface area contributed by atoms with Crippen LogP contribution in [0.4, 0.5) is 0 Å². The summed E-state index contributed by atoms with van der Waals surface area (Å²) in [6.07, 6.45) is 4.64. The highest BCUT2D eigenvalue weighted by Gasteiger charge is 2.18. The number of hydrogen-bond donors (Lipinski definition) is 1. The van der Waals surface area contributed by atoms with Crippen molar-refractivity contribution in [1.29, 1.82) is 0 Å². The molecule has 1 unspecified atom stereocenters. The van der Waals surface area contributed by atoms with E-state index in [1.807, 2.05) is 11.6 Å². The Kier molecular flexibility index (Phi) is 6.87. The van der Waals surface area contributed by atoms with Crippen LogP contribution in [0.25, 0.3) is 0 Å². The summed E-state index contributed by atoms with van der Waals surface area (Å²) >= 11 is 6.40. The number of nitrogens with one attached hydrogen (secondary N) is 1. The van der Waals surface area contributed by atoms with Crippen LogP contribution in [0.1, 0.15) is 58.3 Å². The molecule has 110 valence electrons. The quantitative estimate of drug-likeness (QED) is 0.783. The number of unbranched alkanes of at least 4 members (excludes halogenated alkanes) is 1. The maximum atomic E-state index is 6.40. The van der Waals surface area contributed by atoms with Gasteiger partial charge in [-0.25, -0.2) is 0 Å². The van der Waals surface area contributed by atoms with Gasteiger partial charge in [0.1, 0.15) is 0 Å². The van der Waals surface area contributed by atoms with Gasteiger partial charge >= 0.3 is 0 Å². The van der Waals surface area contributed by atoms with Crippen LogP contribution >= 0.6 is 11.6 Å². The van der Waals surface area contributed by atoms with Crippen LogP contribution in [-0.4, -0.2) is 21.9 Å². The molecule has 1 atom stereocenters. The Balaban J connectivity index is 2.82. The monoisotopic (exact) mass is 285 g/mol. The summed E-state index contributed by atoms with van der Waals surface area (Å²) in [4.78, 5) is 0. The summed E-state index contributed by atoms with van der Waals surface area (Å²) in [5, 5.41) is 8.99.